The number of hydrogen-bond donors (Lipinski definition) is 2. The average Bonchev–Trinajstić information content (AvgIpc) is 1.90. The molecule has 1 aliphatic rings. The zero-order valence-corrected chi connectivity index (χ0v) is 6.32. The summed E-state index contributed by atoms with van der Waals surface area (Å²) >= 11 is 1.33. The molecule has 0 aromatic carbocycles. The first-order valence-electron chi connectivity index (χ1n) is 2.48. The highest BCUT2D eigenvalue weighted by atomic mass is 32.2. The van der Waals surface area contributed by atoms with Crippen molar-refractivity contribution in [2.24, 2.45) is 0 Å². The molecular weight excluding hydrogens is 158 g/mol. The molecule has 0 radical (unpaired) electrons. The molecular formula is C4H7NO2S2. The Bertz CT molecular complexity index is 179. The molecule has 0 bridgehead atoms. The minimum atomic E-state index is -2.27. The lowest BCUT2D eigenvalue weighted by molar-refractivity contribution is 0.610. The van der Waals surface area contributed by atoms with Gasteiger partial charge in [0, 0.05) is 12.7 Å². The van der Waals surface area contributed by atoms with Gasteiger partial charge in [0.25, 0.3) is 0 Å². The highest BCUT2D eigenvalue weighted by molar-refractivity contribution is 8.10. The summed E-state index contributed by atoms with van der Waals surface area (Å²) in [5, 5.41) is 4.58. The molecule has 0 saturated carbocycles. The van der Waals surface area contributed by atoms with Crippen molar-refractivity contribution in [1.29, 1.82) is 0 Å². The SMILES string of the molecule is O=[SH](=O)C1CNC=CS1. The van der Waals surface area contributed by atoms with Gasteiger partial charge in [0.2, 0.25) is 0 Å². The molecule has 0 fully saturated rings. The largest absolute Gasteiger partial charge is 0.388 e. The van der Waals surface area contributed by atoms with E-state index in [-0.39, 0.29) is 4.58 Å². The first-order valence-corrected chi connectivity index (χ1v) is 4.67. The van der Waals surface area contributed by atoms with Crippen molar-refractivity contribution in [3.8, 4) is 0 Å². The van der Waals surface area contributed by atoms with Crippen LogP contribution in [0, 0.1) is 0 Å². The summed E-state index contributed by atoms with van der Waals surface area (Å²) in [6.07, 6.45) is 1.75. The average molecular weight is 165 g/mol. The Balaban J connectivity index is 2.54. The number of thioether (sulfide) groups is 1. The molecule has 0 saturated heterocycles. The van der Waals surface area contributed by atoms with Gasteiger partial charge in [0.05, 0.1) is 0 Å². The first-order chi connectivity index (χ1) is 4.30. The topological polar surface area (TPSA) is 46.2 Å². The summed E-state index contributed by atoms with van der Waals surface area (Å²) < 4.78 is 20.3. The Hall–Kier alpha value is -0.160. The summed E-state index contributed by atoms with van der Waals surface area (Å²) in [7, 11) is -2.27. The second-order valence-electron chi connectivity index (χ2n) is 1.59. The number of thiol groups is 1. The molecule has 3 nitrogen and oxygen atoms in total. The van der Waals surface area contributed by atoms with Gasteiger partial charge in [-0.15, -0.1) is 11.8 Å². The zero-order valence-electron chi connectivity index (χ0n) is 4.61. The van der Waals surface area contributed by atoms with Crippen LogP contribution in [0.25, 0.3) is 0 Å². The summed E-state index contributed by atoms with van der Waals surface area (Å²) in [6, 6.07) is 0. The second kappa shape index (κ2) is 3.12. The van der Waals surface area contributed by atoms with Gasteiger partial charge in [0.15, 0.2) is 10.7 Å². The van der Waals surface area contributed by atoms with Gasteiger partial charge in [-0.25, -0.2) is 8.42 Å². The quantitative estimate of drug-likeness (QED) is 0.525. The van der Waals surface area contributed by atoms with E-state index in [1.54, 1.807) is 11.6 Å². The van der Waals surface area contributed by atoms with Crippen LogP contribution in [0.5, 0.6) is 0 Å². The van der Waals surface area contributed by atoms with E-state index in [0.717, 1.165) is 0 Å². The summed E-state index contributed by atoms with van der Waals surface area (Å²) in [6.45, 7) is 0.528. The van der Waals surface area contributed by atoms with E-state index in [1.165, 1.54) is 11.8 Å². The molecule has 0 aromatic heterocycles. The second-order valence-corrected chi connectivity index (χ2v) is 4.24. The monoisotopic (exact) mass is 165 g/mol. The number of rotatable bonds is 1. The Morgan fingerprint density at radius 2 is 2.44 bits per heavy atom. The predicted octanol–water partition coefficient (Wildman–Crippen LogP) is -0.268. The van der Waals surface area contributed by atoms with Gasteiger partial charge < -0.3 is 5.32 Å². The lowest BCUT2D eigenvalue weighted by Crippen LogP contribution is -2.23. The molecule has 9 heavy (non-hydrogen) atoms. The third-order valence-electron chi connectivity index (χ3n) is 0.949. The lowest BCUT2D eigenvalue weighted by atomic mass is 10.7. The summed E-state index contributed by atoms with van der Waals surface area (Å²) in [4.78, 5) is 0. The lowest BCUT2D eigenvalue weighted by Gasteiger charge is -2.11. The van der Waals surface area contributed by atoms with Crippen molar-refractivity contribution in [2.45, 2.75) is 4.58 Å². The molecule has 1 N–H and O–H groups in total. The van der Waals surface area contributed by atoms with Crippen LogP contribution < -0.4 is 5.32 Å². The van der Waals surface area contributed by atoms with E-state index < -0.39 is 10.7 Å². The van der Waals surface area contributed by atoms with E-state index in [0.29, 0.717) is 6.54 Å². The fourth-order valence-corrected chi connectivity index (χ4v) is 1.93. The van der Waals surface area contributed by atoms with E-state index in [1.807, 2.05) is 0 Å². The first kappa shape index (κ1) is 6.95. The van der Waals surface area contributed by atoms with Crippen molar-refractivity contribution in [3.63, 3.8) is 0 Å². The van der Waals surface area contributed by atoms with E-state index in [4.69, 9.17) is 0 Å². The molecule has 0 aromatic rings. The molecule has 1 aliphatic heterocycles. The maximum Gasteiger partial charge on any atom is 0.154 e. The maximum atomic E-state index is 10.3. The highest BCUT2D eigenvalue weighted by Crippen LogP contribution is 2.14. The summed E-state index contributed by atoms with van der Waals surface area (Å²) in [5.41, 5.74) is 0. The van der Waals surface area contributed by atoms with Gasteiger partial charge >= 0.3 is 0 Å². The molecule has 1 heterocycles. The molecule has 0 amide bonds. The molecule has 0 spiro atoms. The highest BCUT2D eigenvalue weighted by Gasteiger charge is 2.11. The van der Waals surface area contributed by atoms with Crippen LogP contribution in [0.2, 0.25) is 0 Å². The number of hydrogen-bond acceptors (Lipinski definition) is 4. The normalized spacial score (nSPS) is 26.1. The van der Waals surface area contributed by atoms with Crippen LogP contribution in [-0.2, 0) is 10.7 Å². The smallest absolute Gasteiger partial charge is 0.154 e. The van der Waals surface area contributed by atoms with Crippen LogP contribution in [0.4, 0.5) is 0 Å². The molecule has 52 valence electrons. The molecule has 1 atom stereocenters. The fourth-order valence-electron chi connectivity index (χ4n) is 0.519. The standard InChI is InChI=1S/C4H7NO2S2/c6-9(7)4-3-5-1-2-8-4/h1-2,4-5,9H,3H2. The summed E-state index contributed by atoms with van der Waals surface area (Å²) in [5.74, 6) is 0. The third-order valence-corrected chi connectivity index (χ3v) is 3.26. The molecule has 1 unspecified atom stereocenters. The van der Waals surface area contributed by atoms with Gasteiger partial charge in [0.1, 0.15) is 4.58 Å². The van der Waals surface area contributed by atoms with Crippen molar-refractivity contribution >= 4 is 22.5 Å². The minimum absolute atomic E-state index is 0.273. The van der Waals surface area contributed by atoms with Gasteiger partial charge in [-0.05, 0) is 5.41 Å². The van der Waals surface area contributed by atoms with Crippen LogP contribution in [-0.4, -0.2) is 19.5 Å². The molecule has 1 rings (SSSR count). The van der Waals surface area contributed by atoms with Crippen molar-refractivity contribution in [2.75, 3.05) is 6.54 Å². The van der Waals surface area contributed by atoms with Crippen LogP contribution >= 0.6 is 11.8 Å². The Kier molecular flexibility index (Phi) is 2.41. The van der Waals surface area contributed by atoms with E-state index >= 15 is 0 Å². The zero-order chi connectivity index (χ0) is 6.69. The van der Waals surface area contributed by atoms with Crippen LogP contribution in [0.1, 0.15) is 0 Å². The number of nitrogens with one attached hydrogen (secondary N) is 1. The van der Waals surface area contributed by atoms with Crippen LogP contribution in [0.3, 0.4) is 0 Å². The molecule has 5 heteroatoms. The predicted molar refractivity (Wildman–Crippen MR) is 38.8 cm³/mol. The van der Waals surface area contributed by atoms with Gasteiger partial charge in [-0.2, -0.15) is 0 Å². The van der Waals surface area contributed by atoms with Crippen LogP contribution in [0.15, 0.2) is 11.6 Å². The van der Waals surface area contributed by atoms with Crippen molar-refractivity contribution in [3.05, 3.63) is 11.6 Å². The fraction of sp³-hybridized carbons (Fsp3) is 0.500. The Morgan fingerprint density at radius 3 is 2.78 bits per heavy atom. The Labute approximate surface area is 59.5 Å². The van der Waals surface area contributed by atoms with Gasteiger partial charge in [-0.3, -0.25) is 0 Å². The minimum Gasteiger partial charge on any atom is -0.388 e. The van der Waals surface area contributed by atoms with Crippen molar-refractivity contribution in [1.82, 2.24) is 5.32 Å². The third kappa shape index (κ3) is 1.91. The maximum absolute atomic E-state index is 10.3. The van der Waals surface area contributed by atoms with Gasteiger partial charge in [-0.1, -0.05) is 0 Å². The van der Waals surface area contributed by atoms with E-state index in [9.17, 15) is 8.42 Å². The van der Waals surface area contributed by atoms with E-state index in [2.05, 4.69) is 5.32 Å². The Morgan fingerprint density at radius 1 is 1.67 bits per heavy atom. The van der Waals surface area contributed by atoms with Crippen molar-refractivity contribution < 1.29 is 8.42 Å². The molecule has 0 aliphatic carbocycles.